The number of hydrogen-bond acceptors (Lipinski definition) is 4. The number of rotatable bonds is 2. The summed E-state index contributed by atoms with van der Waals surface area (Å²) in [6.07, 6.45) is 13.9. The van der Waals surface area contributed by atoms with Crippen LogP contribution in [0, 0.1) is 17.2 Å². The molecule has 138 valence electrons. The number of aryl methyl sites for hydroxylation is 1. The summed E-state index contributed by atoms with van der Waals surface area (Å²) in [5.41, 5.74) is 3.62. The molecule has 0 bridgehead atoms. The molecular formula is C20H22N6O. The first-order valence-corrected chi connectivity index (χ1v) is 9.35. The normalized spacial score (nSPS) is 18.7. The van der Waals surface area contributed by atoms with Crippen molar-refractivity contribution in [1.29, 1.82) is 5.26 Å². The Bertz CT molecular complexity index is 1000. The molecule has 1 unspecified atom stereocenters. The van der Waals surface area contributed by atoms with E-state index in [0.29, 0.717) is 13.0 Å². The zero-order valence-corrected chi connectivity index (χ0v) is 15.4. The fraction of sp³-hybridized carbons (Fsp3) is 0.400. The van der Waals surface area contributed by atoms with Gasteiger partial charge >= 0.3 is 0 Å². The Balaban J connectivity index is 0.000000400. The van der Waals surface area contributed by atoms with Crippen molar-refractivity contribution in [3.05, 3.63) is 36.9 Å². The van der Waals surface area contributed by atoms with Crippen molar-refractivity contribution < 1.29 is 4.79 Å². The van der Waals surface area contributed by atoms with E-state index in [0.717, 1.165) is 22.3 Å². The zero-order chi connectivity index (χ0) is 18.8. The van der Waals surface area contributed by atoms with Gasteiger partial charge in [-0.2, -0.15) is 15.5 Å². The molecule has 0 spiro atoms. The van der Waals surface area contributed by atoms with E-state index in [1.165, 1.54) is 25.7 Å². The SMILES string of the molecule is C1CCC1.Cn1cc(-c2cc3c(N4CCC(C#N)C4=O)ccnn3c2)cn1. The van der Waals surface area contributed by atoms with Crippen LogP contribution in [-0.4, -0.2) is 31.8 Å². The van der Waals surface area contributed by atoms with Crippen LogP contribution in [0.5, 0.6) is 0 Å². The Morgan fingerprint density at radius 1 is 1.15 bits per heavy atom. The van der Waals surface area contributed by atoms with Crippen LogP contribution in [0.2, 0.25) is 0 Å². The molecule has 27 heavy (non-hydrogen) atoms. The number of nitrogens with zero attached hydrogens (tertiary/aromatic N) is 6. The Kier molecular flexibility index (Phi) is 4.63. The third-order valence-corrected chi connectivity index (χ3v) is 5.18. The summed E-state index contributed by atoms with van der Waals surface area (Å²) in [6.45, 7) is 0.560. The summed E-state index contributed by atoms with van der Waals surface area (Å²) >= 11 is 0. The zero-order valence-electron chi connectivity index (χ0n) is 15.4. The first-order valence-electron chi connectivity index (χ1n) is 9.35. The third kappa shape index (κ3) is 3.31. The maximum atomic E-state index is 12.3. The van der Waals surface area contributed by atoms with E-state index in [1.807, 2.05) is 31.6 Å². The Morgan fingerprint density at radius 2 is 1.93 bits per heavy atom. The Hall–Kier alpha value is -3.14. The molecule has 0 radical (unpaired) electrons. The van der Waals surface area contributed by atoms with E-state index in [2.05, 4.69) is 16.3 Å². The fourth-order valence-corrected chi connectivity index (χ4v) is 3.25. The second kappa shape index (κ2) is 7.23. The van der Waals surface area contributed by atoms with Crippen molar-refractivity contribution in [2.45, 2.75) is 32.1 Å². The van der Waals surface area contributed by atoms with Gasteiger partial charge in [-0.15, -0.1) is 0 Å². The van der Waals surface area contributed by atoms with Crippen LogP contribution < -0.4 is 4.90 Å². The molecule has 3 aromatic heterocycles. The molecule has 1 saturated carbocycles. The minimum Gasteiger partial charge on any atom is -0.309 e. The van der Waals surface area contributed by atoms with Gasteiger partial charge in [-0.05, 0) is 18.6 Å². The van der Waals surface area contributed by atoms with Crippen LogP contribution in [-0.2, 0) is 11.8 Å². The Morgan fingerprint density at radius 3 is 2.52 bits per heavy atom. The van der Waals surface area contributed by atoms with E-state index < -0.39 is 5.92 Å². The number of amides is 1. The van der Waals surface area contributed by atoms with E-state index in [9.17, 15) is 4.79 Å². The number of hydrogen-bond donors (Lipinski definition) is 0. The second-order valence-electron chi connectivity index (χ2n) is 7.05. The molecule has 0 N–H and O–H groups in total. The fourth-order valence-electron chi connectivity index (χ4n) is 3.25. The van der Waals surface area contributed by atoms with Crippen LogP contribution in [0.4, 0.5) is 5.69 Å². The van der Waals surface area contributed by atoms with Gasteiger partial charge in [-0.1, -0.05) is 25.7 Å². The number of aromatic nitrogens is 4. The molecule has 2 fully saturated rings. The van der Waals surface area contributed by atoms with Gasteiger partial charge in [0.1, 0.15) is 5.92 Å². The van der Waals surface area contributed by atoms with Crippen molar-refractivity contribution in [3.63, 3.8) is 0 Å². The highest BCUT2D eigenvalue weighted by Crippen LogP contribution is 2.31. The van der Waals surface area contributed by atoms with Crippen LogP contribution >= 0.6 is 0 Å². The molecular weight excluding hydrogens is 340 g/mol. The van der Waals surface area contributed by atoms with Crippen molar-refractivity contribution in [1.82, 2.24) is 19.4 Å². The summed E-state index contributed by atoms with van der Waals surface area (Å²) in [4.78, 5) is 14.0. The summed E-state index contributed by atoms with van der Waals surface area (Å²) in [7, 11) is 1.87. The lowest BCUT2D eigenvalue weighted by Crippen LogP contribution is -2.27. The van der Waals surface area contributed by atoms with E-state index in [1.54, 1.807) is 26.5 Å². The smallest absolute Gasteiger partial charge is 0.244 e. The quantitative estimate of drug-likeness (QED) is 0.701. The van der Waals surface area contributed by atoms with Crippen LogP contribution in [0.1, 0.15) is 32.1 Å². The molecule has 1 aliphatic carbocycles. The van der Waals surface area contributed by atoms with Gasteiger partial charge in [-0.3, -0.25) is 9.48 Å². The third-order valence-electron chi connectivity index (χ3n) is 5.18. The number of nitriles is 1. The maximum Gasteiger partial charge on any atom is 0.244 e. The molecule has 4 heterocycles. The van der Waals surface area contributed by atoms with Gasteiger partial charge < -0.3 is 4.90 Å². The lowest BCUT2D eigenvalue weighted by molar-refractivity contribution is -0.118. The number of carbonyl (C=O) groups is 1. The average molecular weight is 362 g/mol. The highest BCUT2D eigenvalue weighted by Gasteiger charge is 2.33. The van der Waals surface area contributed by atoms with Gasteiger partial charge in [0.15, 0.2) is 0 Å². The molecule has 7 nitrogen and oxygen atoms in total. The summed E-state index contributed by atoms with van der Waals surface area (Å²) in [6, 6.07) is 5.88. The minimum atomic E-state index is -0.545. The summed E-state index contributed by atoms with van der Waals surface area (Å²) in [5, 5.41) is 17.5. The van der Waals surface area contributed by atoms with Crippen molar-refractivity contribution in [3.8, 4) is 17.2 Å². The topological polar surface area (TPSA) is 79.2 Å². The Labute approximate surface area is 157 Å². The van der Waals surface area contributed by atoms with E-state index >= 15 is 0 Å². The molecule has 1 amide bonds. The van der Waals surface area contributed by atoms with Crippen molar-refractivity contribution in [2.24, 2.45) is 13.0 Å². The number of anilines is 1. The molecule has 2 aliphatic rings. The lowest BCUT2D eigenvalue weighted by Gasteiger charge is -2.16. The van der Waals surface area contributed by atoms with Crippen molar-refractivity contribution >= 4 is 17.1 Å². The monoisotopic (exact) mass is 362 g/mol. The standard InChI is InChI=1S/C16H14N6O.C4H8/c1-20-9-13(8-19-20)12-6-15-14(2-4-18-22(15)10-12)21-5-3-11(7-17)16(21)23;1-2-4-3-1/h2,4,6,8-11H,3,5H2,1H3;1-4H2. The predicted molar refractivity (Wildman–Crippen MR) is 102 cm³/mol. The van der Waals surface area contributed by atoms with Crippen LogP contribution in [0.15, 0.2) is 36.9 Å². The molecule has 3 aromatic rings. The summed E-state index contributed by atoms with van der Waals surface area (Å²) in [5.74, 6) is -0.680. The van der Waals surface area contributed by atoms with Crippen molar-refractivity contribution in [2.75, 3.05) is 11.4 Å². The molecule has 7 heteroatoms. The first-order chi connectivity index (χ1) is 13.2. The highest BCUT2D eigenvalue weighted by atomic mass is 16.2. The largest absolute Gasteiger partial charge is 0.309 e. The molecule has 1 atom stereocenters. The molecule has 1 saturated heterocycles. The van der Waals surface area contributed by atoms with Gasteiger partial charge in [0, 0.05) is 43.3 Å². The van der Waals surface area contributed by atoms with Gasteiger partial charge in [-0.25, -0.2) is 4.52 Å². The number of carbonyl (C=O) groups excluding carboxylic acids is 1. The van der Waals surface area contributed by atoms with Gasteiger partial charge in [0.05, 0.1) is 23.5 Å². The predicted octanol–water partition coefficient (Wildman–Crippen LogP) is 3.17. The van der Waals surface area contributed by atoms with Crippen LogP contribution in [0.3, 0.4) is 0 Å². The number of fused-ring (bicyclic) bond motifs is 1. The van der Waals surface area contributed by atoms with Gasteiger partial charge in [0.2, 0.25) is 5.91 Å². The van der Waals surface area contributed by atoms with E-state index in [-0.39, 0.29) is 5.91 Å². The van der Waals surface area contributed by atoms with Crippen LogP contribution in [0.25, 0.3) is 16.6 Å². The van der Waals surface area contributed by atoms with E-state index in [4.69, 9.17) is 5.26 Å². The minimum absolute atomic E-state index is 0.135. The average Bonchev–Trinajstić information content (AvgIpc) is 3.30. The van der Waals surface area contributed by atoms with Gasteiger partial charge in [0.25, 0.3) is 0 Å². The molecule has 1 aliphatic heterocycles. The molecule has 5 rings (SSSR count). The maximum absolute atomic E-state index is 12.3. The first kappa shape index (κ1) is 17.3. The second-order valence-corrected chi connectivity index (χ2v) is 7.05. The highest BCUT2D eigenvalue weighted by molar-refractivity contribution is 6.02. The molecule has 0 aromatic carbocycles. The summed E-state index contributed by atoms with van der Waals surface area (Å²) < 4.78 is 3.50. The lowest BCUT2D eigenvalue weighted by atomic mass is 10.0.